The lowest BCUT2D eigenvalue weighted by Gasteiger charge is -2.29. The van der Waals surface area contributed by atoms with Crippen molar-refractivity contribution in [2.45, 2.75) is 57.5 Å². The van der Waals surface area contributed by atoms with Crippen LogP contribution in [0.15, 0.2) is 67.0 Å². The fourth-order valence-electron chi connectivity index (χ4n) is 4.76. The number of aromatic nitrogens is 2. The van der Waals surface area contributed by atoms with Crippen LogP contribution in [-0.4, -0.2) is 33.5 Å². The van der Waals surface area contributed by atoms with Crippen molar-refractivity contribution in [3.05, 3.63) is 78.4 Å². The average molecular weight is 463 g/mol. The van der Waals surface area contributed by atoms with Gasteiger partial charge in [-0.05, 0) is 87.4 Å². The van der Waals surface area contributed by atoms with Gasteiger partial charge in [0.05, 0.1) is 23.9 Å². The number of benzene rings is 1. The van der Waals surface area contributed by atoms with Crippen molar-refractivity contribution >= 4 is 23.0 Å². The number of anilines is 1. The molecule has 4 heterocycles. The molecule has 1 aromatic carbocycles. The van der Waals surface area contributed by atoms with Crippen LogP contribution >= 0.6 is 12.2 Å². The van der Waals surface area contributed by atoms with Gasteiger partial charge in [-0.2, -0.15) is 0 Å². The van der Waals surface area contributed by atoms with Gasteiger partial charge in [0.2, 0.25) is 0 Å². The van der Waals surface area contributed by atoms with Gasteiger partial charge < -0.3 is 24.3 Å². The summed E-state index contributed by atoms with van der Waals surface area (Å²) < 4.78 is 14.1. The molecular weight excluding hydrogens is 432 g/mol. The number of pyridine rings is 1. The standard InChI is InChI=1S/C26H30N4O2S/c1-18(2)32-20-12-10-19(11-13-20)30-25(24(28-26(30)33)22-8-3-4-14-27-22)23-9-5-15-29(23)17-21-7-6-16-31-21/h3-5,8-15,18,21,24-25H,6-7,16-17H2,1-2H3,(H,28,33)/t21-,24+,25+/m0/s1. The first kappa shape index (κ1) is 21.9. The van der Waals surface area contributed by atoms with Gasteiger partial charge in [-0.25, -0.2) is 0 Å². The van der Waals surface area contributed by atoms with Crippen LogP contribution in [0.5, 0.6) is 5.75 Å². The molecule has 5 rings (SSSR count). The van der Waals surface area contributed by atoms with Gasteiger partial charge in [0.15, 0.2) is 5.11 Å². The van der Waals surface area contributed by atoms with Crippen LogP contribution in [0.3, 0.4) is 0 Å². The lowest BCUT2D eigenvalue weighted by Crippen LogP contribution is -2.31. The second-order valence-corrected chi connectivity index (χ2v) is 9.26. The van der Waals surface area contributed by atoms with Crippen LogP contribution < -0.4 is 15.0 Å². The molecule has 1 N–H and O–H groups in total. The van der Waals surface area contributed by atoms with Gasteiger partial charge in [-0.1, -0.05) is 6.07 Å². The third kappa shape index (κ3) is 4.61. The summed E-state index contributed by atoms with van der Waals surface area (Å²) in [6.07, 6.45) is 6.60. The molecule has 7 heteroatoms. The summed E-state index contributed by atoms with van der Waals surface area (Å²) in [6, 6.07) is 18.4. The van der Waals surface area contributed by atoms with Crippen LogP contribution in [-0.2, 0) is 11.3 Å². The molecule has 2 fully saturated rings. The van der Waals surface area contributed by atoms with Gasteiger partial charge in [0, 0.05) is 36.9 Å². The molecule has 0 saturated carbocycles. The Balaban J connectivity index is 1.52. The summed E-state index contributed by atoms with van der Waals surface area (Å²) >= 11 is 5.86. The van der Waals surface area contributed by atoms with Crippen molar-refractivity contribution in [2.75, 3.05) is 11.5 Å². The highest BCUT2D eigenvalue weighted by atomic mass is 32.1. The van der Waals surface area contributed by atoms with Crippen molar-refractivity contribution < 1.29 is 9.47 Å². The molecular formula is C26H30N4O2S. The Morgan fingerprint density at radius 1 is 1.15 bits per heavy atom. The second kappa shape index (κ2) is 9.53. The first-order valence-corrected chi connectivity index (χ1v) is 12.0. The summed E-state index contributed by atoms with van der Waals surface area (Å²) in [6.45, 7) is 5.76. The molecule has 0 amide bonds. The van der Waals surface area contributed by atoms with E-state index in [-0.39, 0.29) is 24.3 Å². The van der Waals surface area contributed by atoms with Crippen molar-refractivity contribution in [3.8, 4) is 5.75 Å². The molecule has 0 radical (unpaired) electrons. The zero-order valence-electron chi connectivity index (χ0n) is 19.1. The highest BCUT2D eigenvalue weighted by molar-refractivity contribution is 7.80. The number of thiocarbonyl (C=S) groups is 1. The number of hydrogen-bond acceptors (Lipinski definition) is 4. The van der Waals surface area contributed by atoms with Crippen LogP contribution in [0, 0.1) is 0 Å². The van der Waals surface area contributed by atoms with Crippen LogP contribution in [0.25, 0.3) is 0 Å². The van der Waals surface area contributed by atoms with Crippen molar-refractivity contribution in [1.82, 2.24) is 14.9 Å². The van der Waals surface area contributed by atoms with E-state index in [1.165, 1.54) is 5.69 Å². The molecule has 6 nitrogen and oxygen atoms in total. The third-order valence-corrected chi connectivity index (χ3v) is 6.49. The monoisotopic (exact) mass is 462 g/mol. The Labute approximate surface area is 200 Å². The zero-order chi connectivity index (χ0) is 22.8. The fraction of sp³-hybridized carbons (Fsp3) is 0.385. The van der Waals surface area contributed by atoms with Crippen molar-refractivity contribution in [2.24, 2.45) is 0 Å². The normalized spacial score (nSPS) is 22.7. The lowest BCUT2D eigenvalue weighted by atomic mass is 10.0. The fourth-order valence-corrected chi connectivity index (χ4v) is 5.11. The van der Waals surface area contributed by atoms with Crippen molar-refractivity contribution in [3.63, 3.8) is 0 Å². The highest BCUT2D eigenvalue weighted by Crippen LogP contribution is 2.42. The van der Waals surface area contributed by atoms with E-state index >= 15 is 0 Å². The summed E-state index contributed by atoms with van der Waals surface area (Å²) in [5.41, 5.74) is 3.19. The summed E-state index contributed by atoms with van der Waals surface area (Å²) in [5.74, 6) is 0.853. The van der Waals surface area contributed by atoms with E-state index in [2.05, 4.69) is 56.3 Å². The molecule has 2 aliphatic heterocycles. The number of hydrogen-bond donors (Lipinski definition) is 1. The Morgan fingerprint density at radius 2 is 2.00 bits per heavy atom. The minimum absolute atomic E-state index is 0.0410. The predicted molar refractivity (Wildman–Crippen MR) is 134 cm³/mol. The molecule has 33 heavy (non-hydrogen) atoms. The van der Waals surface area contributed by atoms with Gasteiger partial charge in [0.1, 0.15) is 11.8 Å². The molecule has 172 valence electrons. The van der Waals surface area contributed by atoms with Gasteiger partial charge in [-0.3, -0.25) is 4.98 Å². The number of rotatable bonds is 7. The average Bonchev–Trinajstić information content (AvgIpc) is 3.55. The highest BCUT2D eigenvalue weighted by Gasteiger charge is 2.42. The Bertz CT molecular complexity index is 1080. The van der Waals surface area contributed by atoms with Gasteiger partial charge >= 0.3 is 0 Å². The van der Waals surface area contributed by atoms with E-state index in [1.54, 1.807) is 0 Å². The Morgan fingerprint density at radius 3 is 2.70 bits per heavy atom. The third-order valence-electron chi connectivity index (χ3n) is 6.18. The molecule has 2 aliphatic rings. The second-order valence-electron chi connectivity index (χ2n) is 8.88. The maximum absolute atomic E-state index is 5.93. The molecule has 0 unspecified atom stereocenters. The number of nitrogens with zero attached hydrogens (tertiary/aromatic N) is 3. The molecule has 0 bridgehead atoms. The zero-order valence-corrected chi connectivity index (χ0v) is 19.9. The first-order chi connectivity index (χ1) is 16.1. The Hall–Kier alpha value is -2.90. The molecule has 2 saturated heterocycles. The van der Waals surface area contributed by atoms with Gasteiger partial charge in [0.25, 0.3) is 0 Å². The predicted octanol–water partition coefficient (Wildman–Crippen LogP) is 5.03. The van der Waals surface area contributed by atoms with E-state index in [1.807, 2.05) is 44.3 Å². The molecule has 3 aromatic rings. The van der Waals surface area contributed by atoms with E-state index < -0.39 is 0 Å². The molecule has 0 aliphatic carbocycles. The van der Waals surface area contributed by atoms with Crippen LogP contribution in [0.4, 0.5) is 5.69 Å². The largest absolute Gasteiger partial charge is 0.491 e. The summed E-state index contributed by atoms with van der Waals surface area (Å²) in [4.78, 5) is 6.86. The van der Waals surface area contributed by atoms with Crippen LogP contribution in [0.2, 0.25) is 0 Å². The van der Waals surface area contributed by atoms with Gasteiger partial charge in [-0.15, -0.1) is 0 Å². The molecule has 2 aromatic heterocycles. The number of nitrogens with one attached hydrogen (secondary N) is 1. The minimum atomic E-state index is -0.0663. The summed E-state index contributed by atoms with van der Waals surface area (Å²) in [7, 11) is 0. The minimum Gasteiger partial charge on any atom is -0.491 e. The van der Waals surface area contributed by atoms with E-state index in [0.717, 1.165) is 43.1 Å². The quantitative estimate of drug-likeness (QED) is 0.497. The SMILES string of the molecule is CC(C)Oc1ccc(N2C(=S)N[C@H](c3ccccn3)[C@H]2c2cccn2C[C@@H]2CCCO2)cc1. The Kier molecular flexibility index (Phi) is 6.33. The van der Waals surface area contributed by atoms with Crippen molar-refractivity contribution in [1.29, 1.82) is 0 Å². The maximum atomic E-state index is 5.93. The van der Waals surface area contributed by atoms with E-state index in [0.29, 0.717) is 5.11 Å². The molecule has 0 spiro atoms. The smallest absolute Gasteiger partial charge is 0.174 e. The number of ether oxygens (including phenoxy) is 2. The molecule has 3 atom stereocenters. The summed E-state index contributed by atoms with van der Waals surface area (Å²) in [5, 5.41) is 4.24. The maximum Gasteiger partial charge on any atom is 0.174 e. The topological polar surface area (TPSA) is 51.5 Å². The van der Waals surface area contributed by atoms with E-state index in [4.69, 9.17) is 21.7 Å². The van der Waals surface area contributed by atoms with Crippen LogP contribution in [0.1, 0.15) is 50.2 Å². The lowest BCUT2D eigenvalue weighted by molar-refractivity contribution is 0.0961. The van der Waals surface area contributed by atoms with E-state index in [9.17, 15) is 0 Å². The first-order valence-electron chi connectivity index (χ1n) is 11.6.